The molecule has 3 rings (SSSR count). The SMILES string of the molecule is C=CCN(Cc1ccsc1)Cc1cc(=O)n2[nH]c(C)nc2n1.O=CO. The second-order valence-corrected chi connectivity index (χ2v) is 6.01. The normalized spacial score (nSPS) is 10.5. The van der Waals surface area contributed by atoms with Gasteiger partial charge in [-0.2, -0.15) is 20.8 Å². The summed E-state index contributed by atoms with van der Waals surface area (Å²) in [5.74, 6) is 1.08. The molecule has 0 aromatic carbocycles. The van der Waals surface area contributed by atoms with E-state index in [1.54, 1.807) is 24.3 Å². The van der Waals surface area contributed by atoms with E-state index in [9.17, 15) is 4.79 Å². The topological polar surface area (TPSA) is 104 Å². The molecule has 0 atom stereocenters. The second kappa shape index (κ2) is 8.90. The molecule has 3 aromatic heterocycles. The van der Waals surface area contributed by atoms with Crippen molar-refractivity contribution in [2.45, 2.75) is 20.0 Å². The molecule has 0 amide bonds. The monoisotopic (exact) mass is 361 g/mol. The van der Waals surface area contributed by atoms with E-state index in [2.05, 4.69) is 43.4 Å². The molecule has 0 bridgehead atoms. The van der Waals surface area contributed by atoms with Crippen molar-refractivity contribution in [2.24, 2.45) is 0 Å². The molecule has 3 aromatic rings. The van der Waals surface area contributed by atoms with E-state index in [0.717, 1.165) is 13.1 Å². The summed E-state index contributed by atoms with van der Waals surface area (Å²) in [4.78, 5) is 31.3. The third-order valence-corrected chi connectivity index (χ3v) is 3.99. The molecule has 0 radical (unpaired) electrons. The van der Waals surface area contributed by atoms with Gasteiger partial charge in [0.15, 0.2) is 0 Å². The van der Waals surface area contributed by atoms with Crippen LogP contribution in [-0.4, -0.2) is 42.6 Å². The molecule has 0 saturated carbocycles. The van der Waals surface area contributed by atoms with Crippen LogP contribution in [0.2, 0.25) is 0 Å². The van der Waals surface area contributed by atoms with Crippen LogP contribution >= 0.6 is 11.3 Å². The van der Waals surface area contributed by atoms with Crippen LogP contribution < -0.4 is 5.56 Å². The lowest BCUT2D eigenvalue weighted by molar-refractivity contribution is -0.122. The maximum atomic E-state index is 12.1. The molecular formula is C16H19N5O3S. The van der Waals surface area contributed by atoms with Crippen molar-refractivity contribution in [1.82, 2.24) is 24.5 Å². The van der Waals surface area contributed by atoms with E-state index in [4.69, 9.17) is 9.90 Å². The first-order valence-corrected chi connectivity index (χ1v) is 8.39. The minimum absolute atomic E-state index is 0.144. The lowest BCUT2D eigenvalue weighted by Crippen LogP contribution is -2.25. The third-order valence-electron chi connectivity index (χ3n) is 3.25. The van der Waals surface area contributed by atoms with Crippen molar-refractivity contribution < 1.29 is 9.90 Å². The summed E-state index contributed by atoms with van der Waals surface area (Å²) in [6, 6.07) is 3.65. The number of aryl methyl sites for hydroxylation is 1. The third kappa shape index (κ3) is 5.10. The van der Waals surface area contributed by atoms with Crippen LogP contribution in [0, 0.1) is 6.92 Å². The van der Waals surface area contributed by atoms with Crippen molar-refractivity contribution in [1.29, 1.82) is 0 Å². The number of carboxylic acid groups (broad SMARTS) is 1. The molecule has 0 aliphatic heterocycles. The van der Waals surface area contributed by atoms with Gasteiger partial charge in [0.05, 0.1) is 5.69 Å². The maximum absolute atomic E-state index is 12.1. The van der Waals surface area contributed by atoms with Gasteiger partial charge >= 0.3 is 0 Å². The van der Waals surface area contributed by atoms with E-state index >= 15 is 0 Å². The number of aromatic nitrogens is 4. The number of rotatable bonds is 6. The number of hydrogen-bond acceptors (Lipinski definition) is 6. The van der Waals surface area contributed by atoms with Gasteiger partial charge in [0, 0.05) is 25.7 Å². The molecule has 2 N–H and O–H groups in total. The number of nitrogens with one attached hydrogen (secondary N) is 1. The highest BCUT2D eigenvalue weighted by Crippen LogP contribution is 2.11. The number of H-pyrrole nitrogens is 1. The van der Waals surface area contributed by atoms with Gasteiger partial charge in [0.1, 0.15) is 5.82 Å². The Morgan fingerprint density at radius 2 is 2.20 bits per heavy atom. The summed E-state index contributed by atoms with van der Waals surface area (Å²) < 4.78 is 1.36. The van der Waals surface area contributed by atoms with Gasteiger partial charge in [0.25, 0.3) is 17.8 Å². The van der Waals surface area contributed by atoms with Crippen LogP contribution in [0.4, 0.5) is 0 Å². The summed E-state index contributed by atoms with van der Waals surface area (Å²) in [5, 5.41) is 13.9. The molecule has 0 aliphatic rings. The first-order chi connectivity index (χ1) is 12.1. The highest BCUT2D eigenvalue weighted by Gasteiger charge is 2.10. The average molecular weight is 361 g/mol. The van der Waals surface area contributed by atoms with E-state index in [-0.39, 0.29) is 12.0 Å². The van der Waals surface area contributed by atoms with Gasteiger partial charge in [-0.1, -0.05) is 6.08 Å². The smallest absolute Gasteiger partial charge is 0.290 e. The van der Waals surface area contributed by atoms with Gasteiger partial charge < -0.3 is 5.11 Å². The lowest BCUT2D eigenvalue weighted by atomic mass is 10.3. The Morgan fingerprint density at radius 1 is 1.44 bits per heavy atom. The van der Waals surface area contributed by atoms with Crippen molar-refractivity contribution in [3.8, 4) is 0 Å². The van der Waals surface area contributed by atoms with Crippen LogP contribution in [-0.2, 0) is 17.9 Å². The van der Waals surface area contributed by atoms with E-state index < -0.39 is 0 Å². The van der Waals surface area contributed by atoms with Gasteiger partial charge in [0.2, 0.25) is 0 Å². The maximum Gasteiger partial charge on any atom is 0.290 e. The molecule has 3 heterocycles. The van der Waals surface area contributed by atoms with Crippen molar-refractivity contribution in [2.75, 3.05) is 6.54 Å². The number of nitrogens with zero attached hydrogens (tertiary/aromatic N) is 4. The van der Waals surface area contributed by atoms with Crippen molar-refractivity contribution in [3.63, 3.8) is 0 Å². The molecule has 0 unspecified atom stereocenters. The van der Waals surface area contributed by atoms with Crippen LogP contribution in [0.3, 0.4) is 0 Å². The summed E-state index contributed by atoms with van der Waals surface area (Å²) in [6.45, 7) is 7.47. The first kappa shape index (κ1) is 18.6. The largest absolute Gasteiger partial charge is 0.483 e. The van der Waals surface area contributed by atoms with E-state index in [0.29, 0.717) is 23.8 Å². The molecule has 132 valence electrons. The van der Waals surface area contributed by atoms with Crippen molar-refractivity contribution >= 4 is 23.6 Å². The fourth-order valence-electron chi connectivity index (χ4n) is 2.35. The fourth-order valence-corrected chi connectivity index (χ4v) is 3.01. The predicted molar refractivity (Wildman–Crippen MR) is 95.7 cm³/mol. The molecule has 0 spiro atoms. The minimum atomic E-state index is -0.250. The van der Waals surface area contributed by atoms with Crippen LogP contribution in [0.1, 0.15) is 17.1 Å². The molecule has 0 aliphatic carbocycles. The van der Waals surface area contributed by atoms with Gasteiger partial charge in [-0.25, -0.2) is 4.98 Å². The highest BCUT2D eigenvalue weighted by molar-refractivity contribution is 7.07. The van der Waals surface area contributed by atoms with Gasteiger partial charge in [-0.05, 0) is 29.3 Å². The molecule has 9 heteroatoms. The molecular weight excluding hydrogens is 342 g/mol. The lowest BCUT2D eigenvalue weighted by Gasteiger charge is -2.19. The zero-order valence-electron chi connectivity index (χ0n) is 13.8. The Morgan fingerprint density at radius 3 is 2.84 bits per heavy atom. The Bertz CT molecular complexity index is 885. The minimum Gasteiger partial charge on any atom is -0.483 e. The predicted octanol–water partition coefficient (Wildman–Crippen LogP) is 1.68. The molecule has 25 heavy (non-hydrogen) atoms. The van der Waals surface area contributed by atoms with Crippen molar-refractivity contribution in [3.05, 3.63) is 63.0 Å². The fraction of sp³-hybridized carbons (Fsp3) is 0.250. The first-order valence-electron chi connectivity index (χ1n) is 7.44. The zero-order valence-corrected chi connectivity index (χ0v) is 14.6. The van der Waals surface area contributed by atoms with E-state index in [1.165, 1.54) is 10.1 Å². The average Bonchev–Trinajstić information content (AvgIpc) is 3.17. The summed E-state index contributed by atoms with van der Waals surface area (Å²) >= 11 is 1.68. The zero-order chi connectivity index (χ0) is 18.2. The molecule has 0 fully saturated rings. The Kier molecular flexibility index (Phi) is 6.61. The molecule has 0 saturated heterocycles. The number of fused-ring (bicyclic) bond motifs is 1. The number of carbonyl (C=O) groups is 1. The quantitative estimate of drug-likeness (QED) is 0.511. The van der Waals surface area contributed by atoms with Crippen LogP contribution in [0.25, 0.3) is 5.78 Å². The van der Waals surface area contributed by atoms with E-state index in [1.807, 2.05) is 6.08 Å². The molecule has 8 nitrogen and oxygen atoms in total. The second-order valence-electron chi connectivity index (χ2n) is 5.23. The Hall–Kier alpha value is -2.78. The number of thiophene rings is 1. The van der Waals surface area contributed by atoms with Crippen LogP contribution in [0.5, 0.6) is 0 Å². The summed E-state index contributed by atoms with van der Waals surface area (Å²) in [5.41, 5.74) is 1.82. The summed E-state index contributed by atoms with van der Waals surface area (Å²) in [7, 11) is 0. The number of hydrogen-bond donors (Lipinski definition) is 2. The van der Waals surface area contributed by atoms with Gasteiger partial charge in [-0.3, -0.25) is 19.6 Å². The van der Waals surface area contributed by atoms with Gasteiger partial charge in [-0.15, -0.1) is 6.58 Å². The summed E-state index contributed by atoms with van der Waals surface area (Å²) in [6.07, 6.45) is 1.86. The highest BCUT2D eigenvalue weighted by atomic mass is 32.1. The standard InChI is InChI=1S/C15H17N5OS.CH2O2/c1-3-5-19(8-12-4-6-22-10-12)9-13-7-14(21)20-15(17-13)16-11(2)18-20;2-1-3/h3-4,6-7,10H,1,5,8-9H2,2H3,(H,16,17,18);1H,(H,2,3). The number of aromatic amines is 1. The Labute approximate surface area is 148 Å². The Balaban J connectivity index is 0.000000701. The van der Waals surface area contributed by atoms with Crippen LogP contribution in [0.15, 0.2) is 40.3 Å².